The smallest absolute Gasteiger partial charge is 0.272 e. The zero-order chi connectivity index (χ0) is 34.0. The Hall–Kier alpha value is -5.47. The van der Waals surface area contributed by atoms with E-state index >= 15 is 0 Å². The SMILES string of the molecule is CCCOc1ccc(-c2nn(-c3ccccc3)cc2/C=C2\C(=O)N(C3CCS(=O)(=O)C3)C(=O)C(C#N)=C2c2ccc(OC)cc2)c(C)c1. The molecule has 0 bridgehead atoms. The van der Waals surface area contributed by atoms with E-state index in [9.17, 15) is 23.3 Å². The number of sulfone groups is 1. The van der Waals surface area contributed by atoms with Crippen LogP contribution in [-0.2, 0) is 19.4 Å². The van der Waals surface area contributed by atoms with Crippen LogP contribution in [0.4, 0.5) is 0 Å². The Bertz CT molecular complexity index is 2110. The van der Waals surface area contributed by atoms with E-state index in [1.54, 1.807) is 41.2 Å². The van der Waals surface area contributed by atoms with Gasteiger partial charge in [0.15, 0.2) is 9.84 Å². The molecule has 6 rings (SSSR count). The van der Waals surface area contributed by atoms with Crippen molar-refractivity contribution >= 4 is 33.3 Å². The van der Waals surface area contributed by atoms with Gasteiger partial charge in [0.1, 0.15) is 28.8 Å². The summed E-state index contributed by atoms with van der Waals surface area (Å²) in [5.74, 6) is -0.695. The standard InChI is InChI=1S/C37H34N4O6S/c1-4-17-47-30-14-15-31(24(2)19-30)35-26(22-40(39-35)27-8-6-5-7-9-27)20-32-34(25-10-12-29(46-3)13-11-25)33(21-38)37(43)41(36(32)42)28-16-18-48(44,45)23-28/h5-15,19-20,22,28H,4,16-18,23H2,1-3H3/b32-20-. The Morgan fingerprint density at radius 1 is 1.02 bits per heavy atom. The molecule has 0 N–H and O–H groups in total. The summed E-state index contributed by atoms with van der Waals surface area (Å²) in [7, 11) is -1.93. The van der Waals surface area contributed by atoms with E-state index in [1.165, 1.54) is 7.11 Å². The lowest BCUT2D eigenvalue weighted by Crippen LogP contribution is -2.49. The highest BCUT2D eigenvalue weighted by Crippen LogP contribution is 2.39. The average Bonchev–Trinajstić information content (AvgIpc) is 3.67. The summed E-state index contributed by atoms with van der Waals surface area (Å²) in [5, 5.41) is 15.3. The van der Waals surface area contributed by atoms with Gasteiger partial charge >= 0.3 is 0 Å². The van der Waals surface area contributed by atoms with Crippen LogP contribution in [0.1, 0.15) is 36.5 Å². The second kappa shape index (κ2) is 13.3. The first kappa shape index (κ1) is 32.5. The molecule has 0 radical (unpaired) electrons. The first-order valence-corrected chi connectivity index (χ1v) is 17.4. The zero-order valence-corrected chi connectivity index (χ0v) is 27.7. The van der Waals surface area contributed by atoms with Gasteiger partial charge in [0.25, 0.3) is 11.8 Å². The lowest BCUT2D eigenvalue weighted by molar-refractivity contribution is -0.142. The van der Waals surface area contributed by atoms with Crippen molar-refractivity contribution in [3.05, 3.63) is 107 Å². The number of methoxy groups -OCH3 is 1. The Balaban J connectivity index is 1.58. The van der Waals surface area contributed by atoms with E-state index in [4.69, 9.17) is 14.6 Å². The molecule has 0 spiro atoms. The summed E-state index contributed by atoms with van der Waals surface area (Å²) in [4.78, 5) is 29.3. The predicted octanol–water partition coefficient (Wildman–Crippen LogP) is 5.56. The number of amides is 2. The van der Waals surface area contributed by atoms with Crippen LogP contribution in [0.3, 0.4) is 0 Å². The number of rotatable bonds is 9. The summed E-state index contributed by atoms with van der Waals surface area (Å²) >= 11 is 0. The van der Waals surface area contributed by atoms with Gasteiger partial charge in [-0.15, -0.1) is 0 Å². The van der Waals surface area contributed by atoms with E-state index in [2.05, 4.69) is 0 Å². The average molecular weight is 663 g/mol. The Labute approximate surface area is 279 Å². The van der Waals surface area contributed by atoms with Crippen LogP contribution < -0.4 is 9.47 Å². The van der Waals surface area contributed by atoms with Crippen LogP contribution in [0, 0.1) is 18.3 Å². The molecule has 3 heterocycles. The van der Waals surface area contributed by atoms with Gasteiger partial charge in [-0.2, -0.15) is 10.4 Å². The molecule has 3 aromatic carbocycles. The molecule has 244 valence electrons. The third-order valence-electron chi connectivity index (χ3n) is 8.45. The number of nitriles is 1. The van der Waals surface area contributed by atoms with Crippen molar-refractivity contribution in [1.82, 2.24) is 14.7 Å². The van der Waals surface area contributed by atoms with Gasteiger partial charge in [-0.25, -0.2) is 13.1 Å². The molecule has 1 aromatic heterocycles. The van der Waals surface area contributed by atoms with Gasteiger partial charge in [0.05, 0.1) is 42.5 Å². The highest BCUT2D eigenvalue weighted by atomic mass is 32.2. The monoisotopic (exact) mass is 662 g/mol. The maximum Gasteiger partial charge on any atom is 0.272 e. The zero-order valence-electron chi connectivity index (χ0n) is 26.8. The fourth-order valence-electron chi connectivity index (χ4n) is 6.08. The fourth-order valence-corrected chi connectivity index (χ4v) is 7.78. The second-order valence-corrected chi connectivity index (χ2v) is 14.0. The lowest BCUT2D eigenvalue weighted by Gasteiger charge is -2.32. The molecule has 11 heteroatoms. The molecule has 1 unspecified atom stereocenters. The topological polar surface area (TPSA) is 132 Å². The third kappa shape index (κ3) is 6.27. The summed E-state index contributed by atoms with van der Waals surface area (Å²) < 4.78 is 37.8. The second-order valence-electron chi connectivity index (χ2n) is 11.7. The molecule has 0 aliphatic carbocycles. The molecule has 2 aliphatic heterocycles. The molecule has 10 nitrogen and oxygen atoms in total. The third-order valence-corrected chi connectivity index (χ3v) is 10.2. The van der Waals surface area contributed by atoms with Gasteiger partial charge in [-0.3, -0.25) is 14.5 Å². The molecular formula is C37H34N4O6S. The molecule has 1 atom stereocenters. The van der Waals surface area contributed by atoms with Gasteiger partial charge in [-0.05, 0) is 79.4 Å². The summed E-state index contributed by atoms with van der Waals surface area (Å²) in [6.07, 6.45) is 4.41. The Morgan fingerprint density at radius 2 is 1.75 bits per heavy atom. The highest BCUT2D eigenvalue weighted by molar-refractivity contribution is 7.91. The number of benzene rings is 3. The number of imide groups is 1. The van der Waals surface area contributed by atoms with E-state index in [1.807, 2.05) is 68.4 Å². The number of carbonyl (C=O) groups excluding carboxylic acids is 2. The van der Waals surface area contributed by atoms with Crippen molar-refractivity contribution < 1.29 is 27.5 Å². The maximum absolute atomic E-state index is 14.5. The molecule has 48 heavy (non-hydrogen) atoms. The molecule has 4 aromatic rings. The van der Waals surface area contributed by atoms with E-state index in [0.717, 1.165) is 33.9 Å². The number of para-hydroxylation sites is 1. The Morgan fingerprint density at radius 3 is 2.38 bits per heavy atom. The number of hydrogen-bond donors (Lipinski definition) is 0. The number of nitrogens with zero attached hydrogens (tertiary/aromatic N) is 4. The van der Waals surface area contributed by atoms with Crippen molar-refractivity contribution in [2.75, 3.05) is 25.2 Å². The first-order chi connectivity index (χ1) is 23.1. The number of aromatic nitrogens is 2. The van der Waals surface area contributed by atoms with Crippen LogP contribution in [0.5, 0.6) is 11.5 Å². The minimum absolute atomic E-state index is 0.0787. The van der Waals surface area contributed by atoms with Crippen LogP contribution >= 0.6 is 0 Å². The van der Waals surface area contributed by atoms with Crippen molar-refractivity contribution in [2.24, 2.45) is 0 Å². The first-order valence-electron chi connectivity index (χ1n) is 15.6. The fraction of sp³-hybridized carbons (Fsp3) is 0.243. The van der Waals surface area contributed by atoms with Crippen LogP contribution in [-0.4, -0.2) is 66.2 Å². The van der Waals surface area contributed by atoms with Crippen LogP contribution in [0.2, 0.25) is 0 Å². The lowest BCUT2D eigenvalue weighted by atomic mass is 9.86. The van der Waals surface area contributed by atoms with E-state index in [-0.39, 0.29) is 34.6 Å². The number of hydrogen-bond acceptors (Lipinski definition) is 8. The molecule has 0 saturated carbocycles. The molecule has 1 fully saturated rings. The van der Waals surface area contributed by atoms with Crippen molar-refractivity contribution in [1.29, 1.82) is 5.26 Å². The van der Waals surface area contributed by atoms with Gasteiger partial charge < -0.3 is 9.47 Å². The summed E-state index contributed by atoms with van der Waals surface area (Å²) in [6.45, 7) is 4.58. The molecule has 2 aliphatic rings. The van der Waals surface area contributed by atoms with Crippen molar-refractivity contribution in [3.63, 3.8) is 0 Å². The normalized spacial score (nSPS) is 18.3. The molecular weight excluding hydrogens is 628 g/mol. The van der Waals surface area contributed by atoms with Gasteiger partial charge in [0, 0.05) is 22.9 Å². The minimum atomic E-state index is -3.45. The number of carbonyl (C=O) groups is 2. The highest BCUT2D eigenvalue weighted by Gasteiger charge is 2.45. The minimum Gasteiger partial charge on any atom is -0.497 e. The van der Waals surface area contributed by atoms with Crippen LogP contribution in [0.25, 0.3) is 28.6 Å². The number of ether oxygens (including phenoxy) is 2. The maximum atomic E-state index is 14.5. The quantitative estimate of drug-likeness (QED) is 0.168. The number of aryl methyl sites for hydroxylation is 1. The molecule has 1 saturated heterocycles. The van der Waals surface area contributed by atoms with Gasteiger partial charge in [0.2, 0.25) is 0 Å². The Kier molecular flexibility index (Phi) is 9.02. The van der Waals surface area contributed by atoms with Gasteiger partial charge in [-0.1, -0.05) is 37.3 Å². The summed E-state index contributed by atoms with van der Waals surface area (Å²) in [5.41, 5.74) is 4.06. The summed E-state index contributed by atoms with van der Waals surface area (Å²) in [6, 6.07) is 23.1. The predicted molar refractivity (Wildman–Crippen MR) is 182 cm³/mol. The van der Waals surface area contributed by atoms with E-state index < -0.39 is 27.7 Å². The van der Waals surface area contributed by atoms with Crippen molar-refractivity contribution in [2.45, 2.75) is 32.7 Å². The van der Waals surface area contributed by atoms with E-state index in [0.29, 0.717) is 29.2 Å². The largest absolute Gasteiger partial charge is 0.497 e. The van der Waals surface area contributed by atoms with Crippen LogP contribution in [0.15, 0.2) is 90.1 Å². The van der Waals surface area contributed by atoms with Crippen molar-refractivity contribution in [3.8, 4) is 34.5 Å². The molecule has 2 amide bonds.